The van der Waals surface area contributed by atoms with Gasteiger partial charge in [0.05, 0.1) is 0 Å². The molecule has 1 aromatic carbocycles. The molecule has 5 heteroatoms. The van der Waals surface area contributed by atoms with Gasteiger partial charge in [-0.1, -0.05) is 0 Å². The summed E-state index contributed by atoms with van der Waals surface area (Å²) in [6.07, 6.45) is 1.52. The average Bonchev–Trinajstić information content (AvgIpc) is 2.47. The van der Waals surface area contributed by atoms with E-state index in [0.29, 0.717) is 17.1 Å². The number of aromatic nitrogens is 1. The first kappa shape index (κ1) is 12.9. The smallest absolute Gasteiger partial charge is 0.336 e. The molecule has 0 aliphatic carbocycles. The number of hydrogen-bond donors (Lipinski definition) is 0. The van der Waals surface area contributed by atoms with Crippen molar-refractivity contribution in [3.8, 4) is 17.6 Å². The number of ether oxygens (including phenoxy) is 1. The molecule has 0 aliphatic heterocycles. The van der Waals surface area contributed by atoms with Crippen LogP contribution in [0.4, 0.5) is 0 Å². The molecule has 2 heterocycles. The van der Waals surface area contributed by atoms with Crippen LogP contribution in [0.1, 0.15) is 11.3 Å². The van der Waals surface area contributed by atoms with Crippen molar-refractivity contribution in [2.75, 3.05) is 0 Å². The zero-order valence-corrected chi connectivity index (χ0v) is 11.2. The third-order valence-electron chi connectivity index (χ3n) is 3.03. The Morgan fingerprint density at radius 3 is 2.95 bits per heavy atom. The Hall–Kier alpha value is -3.13. The predicted molar refractivity (Wildman–Crippen MR) is 76.2 cm³/mol. The van der Waals surface area contributed by atoms with Gasteiger partial charge in [0.15, 0.2) is 11.4 Å². The van der Waals surface area contributed by atoms with Gasteiger partial charge >= 0.3 is 5.63 Å². The van der Waals surface area contributed by atoms with Crippen LogP contribution in [-0.2, 0) is 0 Å². The van der Waals surface area contributed by atoms with Crippen molar-refractivity contribution < 1.29 is 9.15 Å². The molecule has 0 fully saturated rings. The molecule has 0 saturated carbocycles. The van der Waals surface area contributed by atoms with Gasteiger partial charge in [0, 0.05) is 23.7 Å². The molecule has 0 bridgehead atoms. The maximum Gasteiger partial charge on any atom is 0.336 e. The lowest BCUT2D eigenvalue weighted by Gasteiger charge is -2.07. The lowest BCUT2D eigenvalue weighted by atomic mass is 10.1. The molecule has 0 N–H and O–H groups in total. The highest BCUT2D eigenvalue weighted by atomic mass is 16.5. The topological polar surface area (TPSA) is 76.1 Å². The average molecular weight is 278 g/mol. The summed E-state index contributed by atoms with van der Waals surface area (Å²) >= 11 is 0. The standard InChI is InChI=1S/C16H10N2O3/c1-10-7-16(19)21-15-8-11(4-5-12(10)15)20-14-3-2-6-18-13(14)9-17/h2-8H,1H3. The van der Waals surface area contributed by atoms with Gasteiger partial charge in [0.25, 0.3) is 0 Å². The van der Waals surface area contributed by atoms with E-state index in [9.17, 15) is 4.79 Å². The quantitative estimate of drug-likeness (QED) is 0.673. The maximum absolute atomic E-state index is 11.4. The predicted octanol–water partition coefficient (Wildman–Crippen LogP) is 3.16. The number of hydrogen-bond acceptors (Lipinski definition) is 5. The number of benzene rings is 1. The molecule has 0 saturated heterocycles. The van der Waals surface area contributed by atoms with E-state index in [0.717, 1.165) is 10.9 Å². The van der Waals surface area contributed by atoms with Gasteiger partial charge in [-0.3, -0.25) is 0 Å². The number of pyridine rings is 1. The first-order chi connectivity index (χ1) is 10.2. The fourth-order valence-electron chi connectivity index (χ4n) is 2.05. The van der Waals surface area contributed by atoms with Gasteiger partial charge in [-0.25, -0.2) is 9.78 Å². The molecular formula is C16H10N2O3. The first-order valence-electron chi connectivity index (χ1n) is 6.25. The van der Waals surface area contributed by atoms with Crippen molar-refractivity contribution >= 4 is 11.0 Å². The van der Waals surface area contributed by atoms with Crippen LogP contribution >= 0.6 is 0 Å². The number of nitrogens with zero attached hydrogens (tertiary/aromatic N) is 2. The number of aryl methyl sites for hydroxylation is 1. The van der Waals surface area contributed by atoms with Crippen molar-refractivity contribution in [1.82, 2.24) is 4.98 Å². The Kier molecular flexibility index (Phi) is 3.13. The number of fused-ring (bicyclic) bond motifs is 1. The Morgan fingerprint density at radius 2 is 2.14 bits per heavy atom. The lowest BCUT2D eigenvalue weighted by molar-refractivity contribution is 0.476. The van der Waals surface area contributed by atoms with Crippen LogP contribution in [0.2, 0.25) is 0 Å². The fraction of sp³-hybridized carbons (Fsp3) is 0.0625. The third-order valence-corrected chi connectivity index (χ3v) is 3.03. The molecule has 0 radical (unpaired) electrons. The molecule has 0 unspecified atom stereocenters. The largest absolute Gasteiger partial charge is 0.454 e. The summed E-state index contributed by atoms with van der Waals surface area (Å²) in [7, 11) is 0. The molecule has 0 aliphatic rings. The summed E-state index contributed by atoms with van der Waals surface area (Å²) in [6, 6.07) is 11.9. The number of rotatable bonds is 2. The molecule has 0 spiro atoms. The third kappa shape index (κ3) is 2.47. The normalized spacial score (nSPS) is 10.3. The molecule has 0 atom stereocenters. The molecule has 102 valence electrons. The Morgan fingerprint density at radius 1 is 1.29 bits per heavy atom. The SMILES string of the molecule is Cc1cc(=O)oc2cc(Oc3cccnc3C#N)ccc12. The van der Waals surface area contributed by atoms with Gasteiger partial charge in [0.1, 0.15) is 17.4 Å². The van der Waals surface area contributed by atoms with E-state index in [2.05, 4.69) is 4.98 Å². The second-order valence-corrected chi connectivity index (χ2v) is 4.47. The van der Waals surface area contributed by atoms with Crippen molar-refractivity contribution in [2.24, 2.45) is 0 Å². The molecule has 2 aromatic heterocycles. The minimum absolute atomic E-state index is 0.197. The van der Waals surface area contributed by atoms with Crippen LogP contribution in [0.15, 0.2) is 51.8 Å². The summed E-state index contributed by atoms with van der Waals surface area (Å²) in [5, 5.41) is 9.83. The van der Waals surface area contributed by atoms with Gasteiger partial charge in [-0.2, -0.15) is 5.26 Å². The lowest BCUT2D eigenvalue weighted by Crippen LogP contribution is -1.98. The summed E-state index contributed by atoms with van der Waals surface area (Å²) in [4.78, 5) is 15.3. The van der Waals surface area contributed by atoms with Gasteiger partial charge < -0.3 is 9.15 Å². The molecule has 0 amide bonds. The summed E-state index contributed by atoms with van der Waals surface area (Å²) in [5.41, 5.74) is 1.08. The first-order valence-corrected chi connectivity index (χ1v) is 6.25. The number of nitriles is 1. The van der Waals surface area contributed by atoms with E-state index in [1.807, 2.05) is 19.1 Å². The van der Waals surface area contributed by atoms with E-state index in [1.54, 1.807) is 24.3 Å². The van der Waals surface area contributed by atoms with E-state index in [-0.39, 0.29) is 5.69 Å². The Balaban J connectivity index is 2.06. The van der Waals surface area contributed by atoms with Crippen molar-refractivity contribution in [3.63, 3.8) is 0 Å². The van der Waals surface area contributed by atoms with Gasteiger partial charge in [-0.15, -0.1) is 0 Å². The summed E-state index contributed by atoms with van der Waals surface area (Å²) in [5.74, 6) is 0.829. The second kappa shape index (κ2) is 5.10. The van der Waals surface area contributed by atoms with Crippen molar-refractivity contribution in [2.45, 2.75) is 6.92 Å². The van der Waals surface area contributed by atoms with Crippen LogP contribution in [-0.4, -0.2) is 4.98 Å². The van der Waals surface area contributed by atoms with Crippen LogP contribution in [0.3, 0.4) is 0 Å². The Labute approximate surface area is 120 Å². The van der Waals surface area contributed by atoms with Crippen LogP contribution in [0, 0.1) is 18.3 Å². The second-order valence-electron chi connectivity index (χ2n) is 4.47. The molecule has 21 heavy (non-hydrogen) atoms. The van der Waals surface area contributed by atoms with E-state index >= 15 is 0 Å². The molecule has 5 nitrogen and oxygen atoms in total. The fourth-order valence-corrected chi connectivity index (χ4v) is 2.05. The highest BCUT2D eigenvalue weighted by Gasteiger charge is 2.08. The van der Waals surface area contributed by atoms with Gasteiger partial charge in [-0.05, 0) is 36.8 Å². The van der Waals surface area contributed by atoms with Crippen LogP contribution in [0.25, 0.3) is 11.0 Å². The molecule has 3 rings (SSSR count). The summed E-state index contributed by atoms with van der Waals surface area (Å²) < 4.78 is 10.8. The van der Waals surface area contributed by atoms with Gasteiger partial charge in [0.2, 0.25) is 0 Å². The monoisotopic (exact) mass is 278 g/mol. The summed E-state index contributed by atoms with van der Waals surface area (Å²) in [6.45, 7) is 1.84. The zero-order chi connectivity index (χ0) is 14.8. The van der Waals surface area contributed by atoms with E-state index in [1.165, 1.54) is 12.3 Å². The Bertz CT molecular complexity index is 923. The van der Waals surface area contributed by atoms with Crippen molar-refractivity contribution in [3.05, 3.63) is 64.3 Å². The van der Waals surface area contributed by atoms with Crippen molar-refractivity contribution in [1.29, 1.82) is 5.26 Å². The van der Waals surface area contributed by atoms with Crippen LogP contribution < -0.4 is 10.4 Å². The highest BCUT2D eigenvalue weighted by Crippen LogP contribution is 2.27. The maximum atomic E-state index is 11.4. The minimum atomic E-state index is -0.406. The minimum Gasteiger partial charge on any atom is -0.454 e. The molecular weight excluding hydrogens is 268 g/mol. The zero-order valence-electron chi connectivity index (χ0n) is 11.2. The highest BCUT2D eigenvalue weighted by molar-refractivity contribution is 5.81. The molecule has 3 aromatic rings. The van der Waals surface area contributed by atoms with Crippen LogP contribution in [0.5, 0.6) is 11.5 Å². The van der Waals surface area contributed by atoms with E-state index in [4.69, 9.17) is 14.4 Å². The van der Waals surface area contributed by atoms with E-state index < -0.39 is 5.63 Å².